The first-order valence-corrected chi connectivity index (χ1v) is 8.24. The van der Waals surface area contributed by atoms with E-state index in [1.165, 1.54) is 26.4 Å². The maximum absolute atomic E-state index is 12.4. The summed E-state index contributed by atoms with van der Waals surface area (Å²) in [4.78, 5) is 0.143. The molecule has 0 radical (unpaired) electrons. The fourth-order valence-electron chi connectivity index (χ4n) is 1.90. The maximum Gasteiger partial charge on any atom is 0.261 e. The smallest absolute Gasteiger partial charge is 0.261 e. The first-order chi connectivity index (χ1) is 10.4. The first kappa shape index (κ1) is 16.5. The van der Waals surface area contributed by atoms with Crippen LogP contribution in [0.2, 0.25) is 5.02 Å². The van der Waals surface area contributed by atoms with Gasteiger partial charge in [0.15, 0.2) is 11.5 Å². The number of hydrogen-bond acceptors (Lipinski definition) is 4. The fraction of sp³-hybridized carbons (Fsp3) is 0.200. The molecule has 0 spiro atoms. The van der Waals surface area contributed by atoms with Gasteiger partial charge in [-0.25, -0.2) is 8.42 Å². The Balaban J connectivity index is 2.34. The maximum atomic E-state index is 12.4. The highest BCUT2D eigenvalue weighted by atomic mass is 35.5. The minimum absolute atomic E-state index is 0.143. The van der Waals surface area contributed by atoms with Crippen LogP contribution in [0, 0.1) is 6.92 Å². The van der Waals surface area contributed by atoms with Crippen LogP contribution in [-0.2, 0) is 10.0 Å². The summed E-state index contributed by atoms with van der Waals surface area (Å²) in [7, 11) is -0.705. The number of aryl methyl sites for hydroxylation is 1. The summed E-state index contributed by atoms with van der Waals surface area (Å²) in [6.07, 6.45) is 0. The van der Waals surface area contributed by atoms with Crippen molar-refractivity contribution in [1.82, 2.24) is 0 Å². The zero-order valence-corrected chi connectivity index (χ0v) is 14.0. The van der Waals surface area contributed by atoms with Crippen molar-refractivity contribution in [3.63, 3.8) is 0 Å². The van der Waals surface area contributed by atoms with Crippen LogP contribution in [0.1, 0.15) is 5.56 Å². The highest BCUT2D eigenvalue weighted by Crippen LogP contribution is 2.31. The van der Waals surface area contributed by atoms with E-state index in [-0.39, 0.29) is 4.90 Å². The van der Waals surface area contributed by atoms with Gasteiger partial charge in [0.05, 0.1) is 24.8 Å². The largest absolute Gasteiger partial charge is 0.493 e. The Kier molecular flexibility index (Phi) is 4.83. The van der Waals surface area contributed by atoms with Gasteiger partial charge in [-0.05, 0) is 42.8 Å². The van der Waals surface area contributed by atoms with Crippen LogP contribution >= 0.6 is 11.6 Å². The van der Waals surface area contributed by atoms with Crippen LogP contribution in [0.4, 0.5) is 5.69 Å². The summed E-state index contributed by atoms with van der Waals surface area (Å²) in [6.45, 7) is 1.75. The molecule has 0 aliphatic rings. The van der Waals surface area contributed by atoms with Gasteiger partial charge in [-0.3, -0.25) is 4.72 Å². The summed E-state index contributed by atoms with van der Waals surface area (Å²) >= 11 is 5.92. The van der Waals surface area contributed by atoms with E-state index in [0.717, 1.165) is 0 Å². The lowest BCUT2D eigenvalue weighted by atomic mass is 10.2. The number of ether oxygens (including phenoxy) is 2. The number of methoxy groups -OCH3 is 2. The predicted octanol–water partition coefficient (Wildman–Crippen LogP) is 3.47. The molecule has 0 atom stereocenters. The molecule has 0 aromatic heterocycles. The van der Waals surface area contributed by atoms with Crippen molar-refractivity contribution in [1.29, 1.82) is 0 Å². The Labute approximate surface area is 134 Å². The van der Waals surface area contributed by atoms with Crippen molar-refractivity contribution < 1.29 is 17.9 Å². The van der Waals surface area contributed by atoms with E-state index >= 15 is 0 Å². The molecule has 0 saturated carbocycles. The van der Waals surface area contributed by atoms with Gasteiger partial charge < -0.3 is 9.47 Å². The van der Waals surface area contributed by atoms with Crippen LogP contribution in [0.3, 0.4) is 0 Å². The molecule has 0 bridgehead atoms. The normalized spacial score (nSPS) is 11.1. The SMILES string of the molecule is COc1ccc(NS(=O)(=O)c2ccc(Cl)c(C)c2)cc1OC. The third-order valence-corrected chi connectivity index (χ3v) is 4.88. The molecule has 0 saturated heterocycles. The number of hydrogen-bond donors (Lipinski definition) is 1. The monoisotopic (exact) mass is 341 g/mol. The molecule has 0 amide bonds. The lowest BCUT2D eigenvalue weighted by Crippen LogP contribution is -2.13. The van der Waals surface area contributed by atoms with Gasteiger partial charge in [-0.2, -0.15) is 0 Å². The fourth-order valence-corrected chi connectivity index (χ4v) is 3.15. The Morgan fingerprint density at radius 1 is 1.00 bits per heavy atom. The number of rotatable bonds is 5. The van der Waals surface area contributed by atoms with Crippen LogP contribution < -0.4 is 14.2 Å². The Hall–Kier alpha value is -1.92. The van der Waals surface area contributed by atoms with Crippen molar-refractivity contribution in [3.05, 3.63) is 47.0 Å². The van der Waals surface area contributed by atoms with Gasteiger partial charge in [0.1, 0.15) is 0 Å². The Bertz CT molecular complexity index is 790. The molecule has 0 heterocycles. The van der Waals surface area contributed by atoms with Crippen LogP contribution in [-0.4, -0.2) is 22.6 Å². The third-order valence-electron chi connectivity index (χ3n) is 3.08. The van der Waals surface area contributed by atoms with Crippen molar-refractivity contribution in [2.75, 3.05) is 18.9 Å². The lowest BCUT2D eigenvalue weighted by Gasteiger charge is -2.12. The second-order valence-electron chi connectivity index (χ2n) is 4.59. The second kappa shape index (κ2) is 6.46. The van der Waals surface area contributed by atoms with Crippen LogP contribution in [0.5, 0.6) is 11.5 Å². The molecule has 7 heteroatoms. The standard InChI is InChI=1S/C15H16ClNO4S/c1-10-8-12(5-6-13(10)16)22(18,19)17-11-4-7-14(20-2)15(9-11)21-3/h4-9,17H,1-3H3. The van der Waals surface area contributed by atoms with E-state index in [1.807, 2.05) is 0 Å². The van der Waals surface area contributed by atoms with E-state index in [9.17, 15) is 8.42 Å². The quantitative estimate of drug-likeness (QED) is 0.904. The van der Waals surface area contributed by atoms with Crippen molar-refractivity contribution in [2.24, 2.45) is 0 Å². The molecule has 118 valence electrons. The topological polar surface area (TPSA) is 64.6 Å². The van der Waals surface area contributed by atoms with E-state index < -0.39 is 10.0 Å². The number of nitrogens with one attached hydrogen (secondary N) is 1. The summed E-state index contributed by atoms with van der Waals surface area (Å²) in [5, 5.41) is 0.519. The molecule has 0 aliphatic carbocycles. The molecule has 0 unspecified atom stereocenters. The van der Waals surface area contributed by atoms with Crippen molar-refractivity contribution in [3.8, 4) is 11.5 Å². The van der Waals surface area contributed by atoms with E-state index in [4.69, 9.17) is 21.1 Å². The minimum Gasteiger partial charge on any atom is -0.493 e. The van der Waals surface area contributed by atoms with Crippen LogP contribution in [0.15, 0.2) is 41.3 Å². The van der Waals surface area contributed by atoms with Gasteiger partial charge >= 0.3 is 0 Å². The third kappa shape index (κ3) is 3.45. The zero-order valence-electron chi connectivity index (χ0n) is 12.4. The summed E-state index contributed by atoms with van der Waals surface area (Å²) in [5.41, 5.74) is 1.07. The molecule has 5 nitrogen and oxygen atoms in total. The van der Waals surface area contributed by atoms with E-state index in [2.05, 4.69) is 4.72 Å². The van der Waals surface area contributed by atoms with E-state index in [0.29, 0.717) is 27.8 Å². The number of sulfonamides is 1. The van der Waals surface area contributed by atoms with Gasteiger partial charge in [0, 0.05) is 11.1 Å². The van der Waals surface area contributed by atoms with Gasteiger partial charge in [0.2, 0.25) is 0 Å². The highest BCUT2D eigenvalue weighted by molar-refractivity contribution is 7.92. The van der Waals surface area contributed by atoms with Crippen molar-refractivity contribution in [2.45, 2.75) is 11.8 Å². The molecular formula is C15H16ClNO4S. The lowest BCUT2D eigenvalue weighted by molar-refractivity contribution is 0.355. The van der Waals surface area contributed by atoms with E-state index in [1.54, 1.807) is 31.2 Å². The molecule has 0 fully saturated rings. The molecule has 2 aromatic carbocycles. The Morgan fingerprint density at radius 3 is 2.27 bits per heavy atom. The van der Waals surface area contributed by atoms with Gasteiger partial charge in [-0.1, -0.05) is 11.6 Å². The molecule has 2 rings (SSSR count). The predicted molar refractivity (Wildman–Crippen MR) is 86.5 cm³/mol. The minimum atomic E-state index is -3.70. The van der Waals surface area contributed by atoms with Crippen LogP contribution in [0.25, 0.3) is 0 Å². The number of anilines is 1. The first-order valence-electron chi connectivity index (χ1n) is 6.38. The summed E-state index contributed by atoms with van der Waals surface area (Å²) in [6, 6.07) is 9.31. The summed E-state index contributed by atoms with van der Waals surface area (Å²) in [5.74, 6) is 0.961. The Morgan fingerprint density at radius 2 is 1.68 bits per heavy atom. The van der Waals surface area contributed by atoms with Crippen molar-refractivity contribution >= 4 is 27.3 Å². The average Bonchev–Trinajstić information content (AvgIpc) is 2.49. The number of benzene rings is 2. The molecule has 0 aliphatic heterocycles. The summed E-state index contributed by atoms with van der Waals surface area (Å²) < 4.78 is 37.6. The average molecular weight is 342 g/mol. The molecule has 22 heavy (non-hydrogen) atoms. The number of halogens is 1. The highest BCUT2D eigenvalue weighted by Gasteiger charge is 2.16. The second-order valence-corrected chi connectivity index (χ2v) is 6.68. The zero-order chi connectivity index (χ0) is 16.3. The van der Waals surface area contributed by atoms with Gasteiger partial charge in [0.25, 0.3) is 10.0 Å². The van der Waals surface area contributed by atoms with Gasteiger partial charge in [-0.15, -0.1) is 0 Å². The molecule has 1 N–H and O–H groups in total. The molecule has 2 aromatic rings. The molecular weight excluding hydrogens is 326 g/mol.